The third kappa shape index (κ3) is 25.7. The molecule has 0 aliphatic heterocycles. The Balaban J connectivity index is 0. The minimum absolute atomic E-state index is 1.16. The molecule has 0 fully saturated rings. The topological polar surface area (TPSA) is 12.0 Å². The van der Waals surface area contributed by atoms with Crippen molar-refractivity contribution in [3.63, 3.8) is 0 Å². The maximum absolute atomic E-state index is 3.07. The first-order valence-electron chi connectivity index (χ1n) is 4.97. The van der Waals surface area contributed by atoms with Gasteiger partial charge < -0.3 is 5.32 Å². The molecule has 0 aromatic rings. The van der Waals surface area contributed by atoms with Crippen LogP contribution in [0.2, 0.25) is 0 Å². The van der Waals surface area contributed by atoms with Gasteiger partial charge in [-0.25, -0.2) is 0 Å². The molecule has 0 bridgehead atoms. The molecule has 1 N–H and O–H groups in total. The van der Waals surface area contributed by atoms with Gasteiger partial charge in [0.25, 0.3) is 0 Å². The van der Waals surface area contributed by atoms with E-state index in [-0.39, 0.29) is 0 Å². The highest BCUT2D eigenvalue weighted by molar-refractivity contribution is 4.34. The van der Waals surface area contributed by atoms with Gasteiger partial charge in [0.1, 0.15) is 0 Å². The highest BCUT2D eigenvalue weighted by atomic mass is 14.8. The molecule has 0 radical (unpaired) electrons. The van der Waals surface area contributed by atoms with Crippen LogP contribution in [0.1, 0.15) is 52.9 Å². The van der Waals surface area contributed by atoms with Crippen LogP contribution < -0.4 is 5.32 Å². The second-order valence-electron chi connectivity index (χ2n) is 2.81. The van der Waals surface area contributed by atoms with Crippen molar-refractivity contribution in [3.8, 4) is 0 Å². The SMILES string of the molecule is CCCCC.CCCCNC. The summed E-state index contributed by atoms with van der Waals surface area (Å²) in [6.45, 7) is 7.78. The predicted octanol–water partition coefficient (Wildman–Crippen LogP) is 3.20. The first kappa shape index (κ1) is 13.5. The number of hydrogen-bond donors (Lipinski definition) is 1. The molecule has 0 amide bonds. The lowest BCUT2D eigenvalue weighted by Crippen LogP contribution is -2.06. The molecule has 70 valence electrons. The van der Waals surface area contributed by atoms with E-state index in [0.717, 1.165) is 6.54 Å². The first-order chi connectivity index (χ1) is 5.33. The highest BCUT2D eigenvalue weighted by Crippen LogP contribution is 1.88. The van der Waals surface area contributed by atoms with Gasteiger partial charge in [0.15, 0.2) is 0 Å². The smallest absolute Gasteiger partial charge is 0.00520 e. The standard InChI is InChI=1S/C5H13N.C5H12/c1-3-4-5-6-2;1-3-5-4-2/h6H,3-5H2,1-2H3;3-5H2,1-2H3. The summed E-state index contributed by atoms with van der Waals surface area (Å²) in [4.78, 5) is 0. The zero-order valence-corrected chi connectivity index (χ0v) is 8.74. The molecule has 11 heavy (non-hydrogen) atoms. The Morgan fingerprint density at radius 3 is 1.36 bits per heavy atom. The molecule has 1 nitrogen and oxygen atoms in total. The van der Waals surface area contributed by atoms with Crippen LogP contribution in [-0.2, 0) is 0 Å². The molecule has 0 aromatic carbocycles. The average molecular weight is 159 g/mol. The van der Waals surface area contributed by atoms with Crippen LogP contribution in [0, 0.1) is 0 Å². The van der Waals surface area contributed by atoms with Gasteiger partial charge in [-0.1, -0.05) is 46.5 Å². The Morgan fingerprint density at radius 1 is 0.818 bits per heavy atom. The number of unbranched alkanes of at least 4 members (excludes halogenated alkanes) is 3. The lowest BCUT2D eigenvalue weighted by molar-refractivity contribution is 0.711. The molecule has 0 aliphatic rings. The Labute approximate surface area is 72.6 Å². The highest BCUT2D eigenvalue weighted by Gasteiger charge is 1.73. The van der Waals surface area contributed by atoms with Crippen LogP contribution in [0.3, 0.4) is 0 Å². The van der Waals surface area contributed by atoms with Crippen molar-refractivity contribution < 1.29 is 0 Å². The third-order valence-electron chi connectivity index (χ3n) is 1.49. The van der Waals surface area contributed by atoms with Crippen LogP contribution in [-0.4, -0.2) is 13.6 Å². The molecule has 0 spiro atoms. The first-order valence-corrected chi connectivity index (χ1v) is 4.97. The zero-order valence-electron chi connectivity index (χ0n) is 8.74. The second-order valence-corrected chi connectivity index (χ2v) is 2.81. The van der Waals surface area contributed by atoms with Crippen molar-refractivity contribution >= 4 is 0 Å². The van der Waals surface area contributed by atoms with Crippen molar-refractivity contribution in [2.45, 2.75) is 52.9 Å². The van der Waals surface area contributed by atoms with Gasteiger partial charge in [0, 0.05) is 0 Å². The quantitative estimate of drug-likeness (QED) is 0.607. The number of rotatable bonds is 5. The number of nitrogens with one attached hydrogen (secondary N) is 1. The summed E-state index contributed by atoms with van der Waals surface area (Å²) in [5.41, 5.74) is 0. The minimum atomic E-state index is 1.16. The molecule has 0 aliphatic carbocycles. The van der Waals surface area contributed by atoms with Gasteiger partial charge in [-0.15, -0.1) is 0 Å². The van der Waals surface area contributed by atoms with Crippen molar-refractivity contribution in [1.29, 1.82) is 0 Å². The van der Waals surface area contributed by atoms with Gasteiger partial charge >= 0.3 is 0 Å². The third-order valence-corrected chi connectivity index (χ3v) is 1.49. The fourth-order valence-corrected chi connectivity index (χ4v) is 0.707. The van der Waals surface area contributed by atoms with Crippen LogP contribution in [0.15, 0.2) is 0 Å². The van der Waals surface area contributed by atoms with Crippen molar-refractivity contribution in [2.75, 3.05) is 13.6 Å². The second kappa shape index (κ2) is 16.5. The van der Waals surface area contributed by atoms with E-state index < -0.39 is 0 Å². The Hall–Kier alpha value is -0.0400. The van der Waals surface area contributed by atoms with Gasteiger partial charge in [-0.05, 0) is 20.0 Å². The Morgan fingerprint density at radius 2 is 1.27 bits per heavy atom. The summed E-state index contributed by atoms with van der Waals surface area (Å²) >= 11 is 0. The minimum Gasteiger partial charge on any atom is -0.320 e. The van der Waals surface area contributed by atoms with E-state index >= 15 is 0 Å². The fraction of sp³-hybridized carbons (Fsp3) is 1.00. The van der Waals surface area contributed by atoms with E-state index in [1.807, 2.05) is 7.05 Å². The molecule has 1 heteroatoms. The molecule has 0 aromatic heterocycles. The van der Waals surface area contributed by atoms with Gasteiger partial charge in [-0.3, -0.25) is 0 Å². The lowest BCUT2D eigenvalue weighted by Gasteiger charge is -1.89. The molecule has 0 heterocycles. The van der Waals surface area contributed by atoms with E-state index in [9.17, 15) is 0 Å². The van der Waals surface area contributed by atoms with Crippen LogP contribution >= 0.6 is 0 Å². The van der Waals surface area contributed by atoms with Gasteiger partial charge in [0.2, 0.25) is 0 Å². The van der Waals surface area contributed by atoms with E-state index in [4.69, 9.17) is 0 Å². The monoisotopic (exact) mass is 159 g/mol. The molecule has 0 rings (SSSR count). The van der Waals surface area contributed by atoms with Crippen LogP contribution in [0.4, 0.5) is 0 Å². The van der Waals surface area contributed by atoms with E-state index in [0.29, 0.717) is 0 Å². The molecule has 0 unspecified atom stereocenters. The Kier molecular flexibility index (Phi) is 20.3. The van der Waals surface area contributed by atoms with Crippen molar-refractivity contribution in [3.05, 3.63) is 0 Å². The molecule has 0 atom stereocenters. The maximum atomic E-state index is 3.07. The summed E-state index contributed by atoms with van der Waals surface area (Å²) in [6, 6.07) is 0. The zero-order chi connectivity index (χ0) is 8.95. The largest absolute Gasteiger partial charge is 0.320 e. The van der Waals surface area contributed by atoms with E-state index in [1.54, 1.807) is 0 Å². The van der Waals surface area contributed by atoms with Gasteiger partial charge in [0.05, 0.1) is 0 Å². The normalized spacial score (nSPS) is 8.73. The number of hydrogen-bond acceptors (Lipinski definition) is 1. The molecule has 0 saturated carbocycles. The summed E-state index contributed by atoms with van der Waals surface area (Å²) < 4.78 is 0. The predicted molar refractivity (Wildman–Crippen MR) is 54.0 cm³/mol. The van der Waals surface area contributed by atoms with Crippen LogP contribution in [0.25, 0.3) is 0 Å². The summed E-state index contributed by atoms with van der Waals surface area (Å²) in [5, 5.41) is 3.07. The fourth-order valence-electron chi connectivity index (χ4n) is 0.707. The maximum Gasteiger partial charge on any atom is -0.00520 e. The summed E-state index contributed by atoms with van der Waals surface area (Å²) in [5.74, 6) is 0. The lowest BCUT2D eigenvalue weighted by atomic mass is 10.3. The summed E-state index contributed by atoms with van der Waals surface area (Å²) in [6.07, 6.45) is 6.67. The Bertz CT molecular complexity index is 38.1. The van der Waals surface area contributed by atoms with Crippen molar-refractivity contribution in [1.82, 2.24) is 5.32 Å². The van der Waals surface area contributed by atoms with E-state index in [2.05, 4.69) is 26.1 Å². The molecule has 0 saturated heterocycles. The van der Waals surface area contributed by atoms with E-state index in [1.165, 1.54) is 32.1 Å². The summed E-state index contributed by atoms with van der Waals surface area (Å²) in [7, 11) is 1.98. The van der Waals surface area contributed by atoms with Crippen LogP contribution in [0.5, 0.6) is 0 Å². The van der Waals surface area contributed by atoms with Gasteiger partial charge in [-0.2, -0.15) is 0 Å². The molecular weight excluding hydrogens is 134 g/mol. The average Bonchev–Trinajstić information content (AvgIpc) is 2.04. The van der Waals surface area contributed by atoms with Crippen molar-refractivity contribution in [2.24, 2.45) is 0 Å². The molecular formula is C10H25N.